The maximum Gasteiger partial charge on any atom is 0.228 e. The summed E-state index contributed by atoms with van der Waals surface area (Å²) in [5, 5.41) is 0.203. The zero-order valence-electron chi connectivity index (χ0n) is 17.9. The van der Waals surface area contributed by atoms with Crippen LogP contribution in [0.1, 0.15) is 38.4 Å². The Hall–Kier alpha value is -1.70. The molecule has 3 rings (SSSR count). The van der Waals surface area contributed by atoms with E-state index < -0.39 is 9.84 Å². The molecule has 6 nitrogen and oxygen atoms in total. The number of rotatable bonds is 9. The van der Waals surface area contributed by atoms with Gasteiger partial charge in [0.2, 0.25) is 15.0 Å². The summed E-state index contributed by atoms with van der Waals surface area (Å²) < 4.78 is 27.8. The van der Waals surface area contributed by atoms with Crippen LogP contribution < -0.4 is 0 Å². The van der Waals surface area contributed by atoms with E-state index >= 15 is 0 Å². The first kappa shape index (κ1) is 22.0. The molecule has 2 heterocycles. The lowest BCUT2D eigenvalue weighted by atomic mass is 10.2. The number of hydrogen-bond donors (Lipinski definition) is 0. The van der Waals surface area contributed by atoms with Crippen LogP contribution in [-0.2, 0) is 22.9 Å². The Labute approximate surface area is 175 Å². The van der Waals surface area contributed by atoms with Gasteiger partial charge in [-0.1, -0.05) is 51.1 Å². The van der Waals surface area contributed by atoms with Crippen LogP contribution in [0.4, 0.5) is 0 Å². The van der Waals surface area contributed by atoms with E-state index in [9.17, 15) is 8.42 Å². The topological polar surface area (TPSA) is 58.4 Å². The van der Waals surface area contributed by atoms with Gasteiger partial charge in [-0.25, -0.2) is 13.4 Å². The summed E-state index contributed by atoms with van der Waals surface area (Å²) in [5.41, 5.74) is 2.06. The highest BCUT2D eigenvalue weighted by Crippen LogP contribution is 2.19. The zero-order chi connectivity index (χ0) is 20.9. The van der Waals surface area contributed by atoms with Gasteiger partial charge in [-0.05, 0) is 24.4 Å². The Kier molecular flexibility index (Phi) is 7.49. The first-order valence-corrected chi connectivity index (χ1v) is 12.3. The fourth-order valence-electron chi connectivity index (χ4n) is 3.93. The van der Waals surface area contributed by atoms with E-state index in [2.05, 4.69) is 21.7 Å². The maximum atomic E-state index is 13.0. The van der Waals surface area contributed by atoms with Crippen LogP contribution in [0.3, 0.4) is 0 Å². The standard InChI is InChI=1S/C22H34N4O2S/c1-4-10-24-11-13-25(14-12-24)17-21-15-23-22(29(27,28)18-19(2)3)26(21)16-20-8-6-5-7-9-20/h5-9,15,19H,4,10-14,16-18H2,1-3H3. The SMILES string of the molecule is CCCN1CCN(Cc2cnc(S(=O)(=O)CC(C)C)n2Cc2ccccc2)CC1. The molecule has 1 saturated heterocycles. The van der Waals surface area contributed by atoms with Crippen molar-refractivity contribution in [3.63, 3.8) is 0 Å². The Morgan fingerprint density at radius 3 is 2.28 bits per heavy atom. The summed E-state index contributed by atoms with van der Waals surface area (Å²) in [6.45, 7) is 12.6. The predicted molar refractivity (Wildman–Crippen MR) is 117 cm³/mol. The van der Waals surface area contributed by atoms with Crippen molar-refractivity contribution >= 4 is 9.84 Å². The third kappa shape index (κ3) is 5.90. The van der Waals surface area contributed by atoms with Gasteiger partial charge in [-0.3, -0.25) is 4.90 Å². The molecule has 0 N–H and O–H groups in total. The fraction of sp³-hybridized carbons (Fsp3) is 0.591. The lowest BCUT2D eigenvalue weighted by Crippen LogP contribution is -2.46. The molecule has 0 radical (unpaired) electrons. The summed E-state index contributed by atoms with van der Waals surface area (Å²) >= 11 is 0. The molecule has 0 bridgehead atoms. The number of piperazine rings is 1. The van der Waals surface area contributed by atoms with Gasteiger partial charge in [0.25, 0.3) is 0 Å². The van der Waals surface area contributed by atoms with Crippen molar-refractivity contribution in [1.29, 1.82) is 0 Å². The minimum atomic E-state index is -3.42. The monoisotopic (exact) mass is 418 g/mol. The highest BCUT2D eigenvalue weighted by molar-refractivity contribution is 7.91. The second-order valence-electron chi connectivity index (χ2n) is 8.40. The molecular weight excluding hydrogens is 384 g/mol. The predicted octanol–water partition coefficient (Wildman–Crippen LogP) is 2.89. The first-order valence-electron chi connectivity index (χ1n) is 10.6. The minimum absolute atomic E-state index is 0.0666. The molecule has 0 atom stereocenters. The summed E-state index contributed by atoms with van der Waals surface area (Å²) in [4.78, 5) is 9.29. The lowest BCUT2D eigenvalue weighted by Gasteiger charge is -2.34. The maximum absolute atomic E-state index is 13.0. The molecule has 1 aromatic heterocycles. The molecule has 0 aliphatic carbocycles. The Morgan fingerprint density at radius 2 is 1.66 bits per heavy atom. The Morgan fingerprint density at radius 1 is 1.00 bits per heavy atom. The third-order valence-corrected chi connectivity index (χ3v) is 7.29. The van der Waals surface area contributed by atoms with Gasteiger partial charge in [-0.15, -0.1) is 0 Å². The van der Waals surface area contributed by atoms with E-state index in [1.54, 1.807) is 6.20 Å². The summed E-state index contributed by atoms with van der Waals surface area (Å²) in [5.74, 6) is 0.186. The van der Waals surface area contributed by atoms with Crippen LogP contribution in [0.25, 0.3) is 0 Å². The van der Waals surface area contributed by atoms with Gasteiger partial charge in [-0.2, -0.15) is 0 Å². The smallest absolute Gasteiger partial charge is 0.228 e. The van der Waals surface area contributed by atoms with Crippen LogP contribution in [0.5, 0.6) is 0 Å². The molecule has 1 fully saturated rings. The second-order valence-corrected chi connectivity index (χ2v) is 10.3. The fourth-order valence-corrected chi connectivity index (χ4v) is 5.69. The molecule has 1 aromatic carbocycles. The highest BCUT2D eigenvalue weighted by atomic mass is 32.2. The molecule has 29 heavy (non-hydrogen) atoms. The van der Waals surface area contributed by atoms with Crippen LogP contribution >= 0.6 is 0 Å². The summed E-state index contributed by atoms with van der Waals surface area (Å²) in [6, 6.07) is 10.0. The van der Waals surface area contributed by atoms with Crippen molar-refractivity contribution in [3.05, 3.63) is 47.8 Å². The Bertz CT molecular complexity index is 869. The molecule has 7 heteroatoms. The lowest BCUT2D eigenvalue weighted by molar-refractivity contribution is 0.125. The van der Waals surface area contributed by atoms with E-state index in [1.165, 1.54) is 6.42 Å². The molecule has 1 aliphatic heterocycles. The number of nitrogens with zero attached hydrogens (tertiary/aromatic N) is 4. The number of benzene rings is 1. The van der Waals surface area contributed by atoms with Crippen LogP contribution in [-0.4, -0.2) is 66.2 Å². The van der Waals surface area contributed by atoms with Crippen molar-refractivity contribution in [3.8, 4) is 0 Å². The van der Waals surface area contributed by atoms with Crippen LogP contribution in [0.15, 0.2) is 41.7 Å². The van der Waals surface area contributed by atoms with Crippen LogP contribution in [0, 0.1) is 5.92 Å². The molecule has 0 amide bonds. The molecule has 160 valence electrons. The minimum Gasteiger partial charge on any atom is -0.313 e. The van der Waals surface area contributed by atoms with Crippen molar-refractivity contribution in [1.82, 2.24) is 19.4 Å². The summed E-state index contributed by atoms with van der Waals surface area (Å²) in [7, 11) is -3.42. The molecule has 1 aliphatic rings. The second kappa shape index (κ2) is 9.87. The quantitative estimate of drug-likeness (QED) is 0.627. The molecular formula is C22H34N4O2S. The Balaban J connectivity index is 1.83. The van der Waals surface area contributed by atoms with Gasteiger partial charge in [0, 0.05) is 32.7 Å². The van der Waals surface area contributed by atoms with Crippen LogP contribution in [0.2, 0.25) is 0 Å². The van der Waals surface area contributed by atoms with Gasteiger partial charge in [0.15, 0.2) is 0 Å². The average molecular weight is 419 g/mol. The van der Waals surface area contributed by atoms with E-state index in [1.807, 2.05) is 48.7 Å². The van der Waals surface area contributed by atoms with E-state index in [0.717, 1.165) is 50.5 Å². The average Bonchev–Trinajstić information content (AvgIpc) is 3.06. The zero-order valence-corrected chi connectivity index (χ0v) is 18.7. The number of sulfone groups is 1. The normalized spacial score (nSPS) is 16.6. The van der Waals surface area contributed by atoms with Crippen molar-refractivity contribution < 1.29 is 8.42 Å². The molecule has 2 aromatic rings. The van der Waals surface area contributed by atoms with Gasteiger partial charge in [0.1, 0.15) is 0 Å². The van der Waals surface area contributed by atoms with Crippen molar-refractivity contribution in [2.75, 3.05) is 38.5 Å². The largest absolute Gasteiger partial charge is 0.313 e. The highest BCUT2D eigenvalue weighted by Gasteiger charge is 2.26. The van der Waals surface area contributed by atoms with Gasteiger partial charge < -0.3 is 9.47 Å². The molecule has 0 unspecified atom stereocenters. The van der Waals surface area contributed by atoms with E-state index in [-0.39, 0.29) is 16.8 Å². The van der Waals surface area contributed by atoms with Crippen molar-refractivity contribution in [2.45, 2.75) is 45.4 Å². The summed E-state index contributed by atoms with van der Waals surface area (Å²) in [6.07, 6.45) is 2.94. The number of aromatic nitrogens is 2. The number of hydrogen-bond acceptors (Lipinski definition) is 5. The first-order chi connectivity index (χ1) is 13.9. The van der Waals surface area contributed by atoms with Gasteiger partial charge in [0.05, 0.1) is 24.2 Å². The van der Waals surface area contributed by atoms with E-state index in [0.29, 0.717) is 6.54 Å². The van der Waals surface area contributed by atoms with Crippen molar-refractivity contribution in [2.24, 2.45) is 5.92 Å². The van der Waals surface area contributed by atoms with Gasteiger partial charge >= 0.3 is 0 Å². The number of imidazole rings is 1. The van der Waals surface area contributed by atoms with E-state index in [4.69, 9.17) is 0 Å². The molecule has 0 saturated carbocycles. The third-order valence-electron chi connectivity index (χ3n) is 5.31. The molecule has 0 spiro atoms.